The quantitative estimate of drug-likeness (QED) is 0.485. The van der Waals surface area contributed by atoms with E-state index in [-0.39, 0.29) is 0 Å². The van der Waals surface area contributed by atoms with E-state index in [2.05, 4.69) is 20.8 Å². The van der Waals surface area contributed by atoms with Gasteiger partial charge in [-0.2, -0.15) is 0 Å². The summed E-state index contributed by atoms with van der Waals surface area (Å²) in [5, 5.41) is 0. The lowest BCUT2D eigenvalue weighted by Gasteiger charge is -2.35. The predicted octanol–water partition coefficient (Wildman–Crippen LogP) is 2.07. The van der Waals surface area contributed by atoms with E-state index in [1.807, 2.05) is 0 Å². The minimum atomic E-state index is 0.415. The smallest absolute Gasteiger partial charge is 0.0519 e. The molecule has 1 nitrogen and oxygen atoms in total. The summed E-state index contributed by atoms with van der Waals surface area (Å²) in [4.78, 5) is 0. The molecule has 0 aromatic heterocycles. The lowest BCUT2D eigenvalue weighted by atomic mass is 9.78. The molecule has 1 fully saturated rings. The summed E-state index contributed by atoms with van der Waals surface area (Å²) in [5.41, 5.74) is 0.415. The number of hydrogen-bond acceptors (Lipinski definition) is 1. The van der Waals surface area contributed by atoms with Gasteiger partial charge in [-0.3, -0.25) is 0 Å². The number of hydrogen-bond donors (Lipinski definition) is 0. The first-order chi connectivity index (χ1) is 4.13. The van der Waals surface area contributed by atoms with Crippen molar-refractivity contribution in [1.29, 1.82) is 0 Å². The molecule has 0 saturated carbocycles. The van der Waals surface area contributed by atoms with Crippen LogP contribution in [0.15, 0.2) is 0 Å². The third kappa shape index (κ3) is 1.45. The molecular formula is C8H16O. The van der Waals surface area contributed by atoms with Crippen molar-refractivity contribution in [3.05, 3.63) is 0 Å². The molecular weight excluding hydrogens is 112 g/mol. The molecule has 1 aliphatic rings. The van der Waals surface area contributed by atoms with Gasteiger partial charge in [-0.1, -0.05) is 20.8 Å². The van der Waals surface area contributed by atoms with Crippen LogP contribution >= 0.6 is 0 Å². The van der Waals surface area contributed by atoms with Crippen LogP contribution < -0.4 is 0 Å². The normalized spacial score (nSPS) is 34.3. The Balaban J connectivity index is 2.49. The molecule has 0 aromatic rings. The van der Waals surface area contributed by atoms with E-state index in [1.54, 1.807) is 0 Å². The molecule has 54 valence electrons. The van der Waals surface area contributed by atoms with Crippen LogP contribution in [0.1, 0.15) is 27.2 Å². The number of rotatable bonds is 0. The van der Waals surface area contributed by atoms with Crippen LogP contribution in [0, 0.1) is 11.3 Å². The molecule has 0 radical (unpaired) electrons. The first-order valence-corrected chi connectivity index (χ1v) is 3.71. The SMILES string of the molecule is C[C@@H]1CCOCC1(C)C. The van der Waals surface area contributed by atoms with E-state index in [4.69, 9.17) is 4.74 Å². The van der Waals surface area contributed by atoms with E-state index in [0.29, 0.717) is 5.41 Å². The molecule has 0 spiro atoms. The van der Waals surface area contributed by atoms with Gasteiger partial charge in [-0.05, 0) is 17.8 Å². The molecule has 1 aliphatic heterocycles. The second-order valence-corrected chi connectivity index (χ2v) is 3.73. The Labute approximate surface area is 57.4 Å². The molecule has 1 saturated heterocycles. The minimum Gasteiger partial charge on any atom is -0.381 e. The summed E-state index contributed by atoms with van der Waals surface area (Å²) in [6, 6.07) is 0. The van der Waals surface area contributed by atoms with Crippen LogP contribution in [-0.2, 0) is 4.74 Å². The molecule has 1 heteroatoms. The maximum atomic E-state index is 5.36. The van der Waals surface area contributed by atoms with Crippen LogP contribution in [-0.4, -0.2) is 13.2 Å². The van der Waals surface area contributed by atoms with Gasteiger partial charge in [0.05, 0.1) is 6.61 Å². The van der Waals surface area contributed by atoms with Crippen molar-refractivity contribution in [2.45, 2.75) is 27.2 Å². The summed E-state index contributed by atoms with van der Waals surface area (Å²) in [6.07, 6.45) is 1.23. The Morgan fingerprint density at radius 2 is 2.11 bits per heavy atom. The molecule has 9 heavy (non-hydrogen) atoms. The summed E-state index contributed by atoms with van der Waals surface area (Å²) in [7, 11) is 0. The Hall–Kier alpha value is -0.0400. The Kier molecular flexibility index (Phi) is 1.80. The van der Waals surface area contributed by atoms with E-state index >= 15 is 0 Å². The fourth-order valence-corrected chi connectivity index (χ4v) is 1.13. The second-order valence-electron chi connectivity index (χ2n) is 3.73. The van der Waals surface area contributed by atoms with Crippen molar-refractivity contribution in [3.8, 4) is 0 Å². The number of ether oxygens (including phenoxy) is 1. The zero-order valence-corrected chi connectivity index (χ0v) is 6.61. The Morgan fingerprint density at radius 1 is 1.44 bits per heavy atom. The van der Waals surface area contributed by atoms with Crippen LogP contribution in [0.4, 0.5) is 0 Å². The fourth-order valence-electron chi connectivity index (χ4n) is 1.13. The fraction of sp³-hybridized carbons (Fsp3) is 1.00. The highest BCUT2D eigenvalue weighted by Gasteiger charge is 2.28. The van der Waals surface area contributed by atoms with Gasteiger partial charge in [0, 0.05) is 6.61 Å². The predicted molar refractivity (Wildman–Crippen MR) is 38.4 cm³/mol. The summed E-state index contributed by atoms with van der Waals surface area (Å²) in [5.74, 6) is 0.825. The molecule has 1 heterocycles. The third-order valence-electron chi connectivity index (χ3n) is 2.50. The molecule has 0 aliphatic carbocycles. The topological polar surface area (TPSA) is 9.23 Å². The maximum Gasteiger partial charge on any atom is 0.0519 e. The largest absolute Gasteiger partial charge is 0.381 e. The van der Waals surface area contributed by atoms with Gasteiger partial charge in [0.2, 0.25) is 0 Å². The first kappa shape index (κ1) is 7.07. The Morgan fingerprint density at radius 3 is 2.44 bits per heavy atom. The van der Waals surface area contributed by atoms with Crippen molar-refractivity contribution in [1.82, 2.24) is 0 Å². The van der Waals surface area contributed by atoms with E-state index < -0.39 is 0 Å². The second kappa shape index (κ2) is 2.30. The van der Waals surface area contributed by atoms with E-state index in [1.165, 1.54) is 6.42 Å². The minimum absolute atomic E-state index is 0.415. The van der Waals surface area contributed by atoms with Crippen molar-refractivity contribution in [2.75, 3.05) is 13.2 Å². The highest BCUT2D eigenvalue weighted by atomic mass is 16.5. The van der Waals surface area contributed by atoms with Crippen molar-refractivity contribution in [3.63, 3.8) is 0 Å². The molecule has 0 unspecified atom stereocenters. The molecule has 0 bridgehead atoms. The summed E-state index contributed by atoms with van der Waals surface area (Å²) < 4.78 is 5.36. The van der Waals surface area contributed by atoms with Gasteiger partial charge in [0.1, 0.15) is 0 Å². The summed E-state index contributed by atoms with van der Waals surface area (Å²) in [6.45, 7) is 8.76. The molecule has 0 amide bonds. The van der Waals surface area contributed by atoms with Crippen LogP contribution in [0.5, 0.6) is 0 Å². The molecule has 1 atom stereocenters. The van der Waals surface area contributed by atoms with Gasteiger partial charge in [0.25, 0.3) is 0 Å². The van der Waals surface area contributed by atoms with Crippen molar-refractivity contribution >= 4 is 0 Å². The van der Waals surface area contributed by atoms with Crippen LogP contribution in [0.25, 0.3) is 0 Å². The molecule has 0 aromatic carbocycles. The van der Waals surface area contributed by atoms with Gasteiger partial charge in [-0.25, -0.2) is 0 Å². The standard InChI is InChI=1S/C8H16O/c1-7-4-5-9-6-8(7,2)3/h7H,4-6H2,1-3H3/t7-/m1/s1. The third-order valence-corrected chi connectivity index (χ3v) is 2.50. The van der Waals surface area contributed by atoms with Crippen LogP contribution in [0.3, 0.4) is 0 Å². The average molecular weight is 128 g/mol. The van der Waals surface area contributed by atoms with Gasteiger partial charge in [0.15, 0.2) is 0 Å². The highest BCUT2D eigenvalue weighted by Crippen LogP contribution is 2.32. The highest BCUT2D eigenvalue weighted by molar-refractivity contribution is 4.77. The van der Waals surface area contributed by atoms with Gasteiger partial charge < -0.3 is 4.74 Å². The zero-order chi connectivity index (χ0) is 6.91. The van der Waals surface area contributed by atoms with Gasteiger partial charge >= 0.3 is 0 Å². The van der Waals surface area contributed by atoms with Crippen molar-refractivity contribution in [2.24, 2.45) is 11.3 Å². The van der Waals surface area contributed by atoms with Crippen LogP contribution in [0.2, 0.25) is 0 Å². The monoisotopic (exact) mass is 128 g/mol. The van der Waals surface area contributed by atoms with E-state index in [0.717, 1.165) is 19.1 Å². The van der Waals surface area contributed by atoms with Gasteiger partial charge in [-0.15, -0.1) is 0 Å². The average Bonchev–Trinajstić information content (AvgIpc) is 1.77. The molecule has 0 N–H and O–H groups in total. The van der Waals surface area contributed by atoms with Crippen molar-refractivity contribution < 1.29 is 4.74 Å². The summed E-state index contributed by atoms with van der Waals surface area (Å²) >= 11 is 0. The maximum absolute atomic E-state index is 5.36. The van der Waals surface area contributed by atoms with E-state index in [9.17, 15) is 0 Å². The first-order valence-electron chi connectivity index (χ1n) is 3.71. The zero-order valence-electron chi connectivity index (χ0n) is 6.61. The lowest BCUT2D eigenvalue weighted by molar-refractivity contribution is -0.0247. The molecule has 1 rings (SSSR count). The Bertz CT molecular complexity index is 96.7. The lowest BCUT2D eigenvalue weighted by Crippen LogP contribution is -2.33.